The molecule has 1 heterocycles. The van der Waals surface area contributed by atoms with E-state index in [1.165, 1.54) is 5.56 Å². The first kappa shape index (κ1) is 21.6. The number of amides is 1. The average molecular weight is 438 g/mol. The number of nitrogens with zero attached hydrogens (tertiary/aromatic N) is 3. The highest BCUT2D eigenvalue weighted by Crippen LogP contribution is 2.48. The van der Waals surface area contributed by atoms with Gasteiger partial charge in [0.25, 0.3) is 0 Å². The van der Waals surface area contributed by atoms with Gasteiger partial charge in [-0.15, -0.1) is 10.2 Å². The lowest BCUT2D eigenvalue weighted by Gasteiger charge is -2.39. The number of aromatic nitrogens is 2. The maximum Gasteiger partial charge on any atom is 0.227 e. The van der Waals surface area contributed by atoms with Crippen molar-refractivity contribution < 1.29 is 9.21 Å². The first-order valence-electron chi connectivity index (χ1n) is 10.9. The molecule has 162 valence electrons. The third kappa shape index (κ3) is 4.67. The number of halogens is 1. The number of hydrogen-bond acceptors (Lipinski definition) is 4. The Bertz CT molecular complexity index is 1020. The molecule has 1 amide bonds. The predicted octanol–water partition coefficient (Wildman–Crippen LogP) is 5.35. The third-order valence-corrected chi connectivity index (χ3v) is 6.56. The quantitative estimate of drug-likeness (QED) is 0.476. The largest absolute Gasteiger partial charge is 0.424 e. The number of carbonyl (C=O) groups is 1. The normalized spacial score (nSPS) is 14.8. The molecule has 0 aliphatic heterocycles. The first-order chi connectivity index (χ1) is 15.0. The summed E-state index contributed by atoms with van der Waals surface area (Å²) < 4.78 is 6.02. The van der Waals surface area contributed by atoms with Crippen molar-refractivity contribution in [1.29, 1.82) is 0 Å². The lowest BCUT2D eigenvalue weighted by Crippen LogP contribution is -2.35. The molecule has 1 fully saturated rings. The van der Waals surface area contributed by atoms with Crippen molar-refractivity contribution in [3.05, 3.63) is 82.0 Å². The van der Waals surface area contributed by atoms with E-state index in [9.17, 15) is 4.79 Å². The SMILES string of the molecule is CCc1ccc(CN(C)C(=O)CCc2nnc(C3(c4ccc(Cl)cc4)CCC3)o2)cc1. The fourth-order valence-corrected chi connectivity index (χ4v) is 4.25. The molecule has 0 N–H and O–H groups in total. The van der Waals surface area contributed by atoms with Crippen molar-refractivity contribution in [3.63, 3.8) is 0 Å². The minimum atomic E-state index is -0.221. The summed E-state index contributed by atoms with van der Waals surface area (Å²) in [5, 5.41) is 9.29. The second-order valence-corrected chi connectivity index (χ2v) is 8.80. The van der Waals surface area contributed by atoms with E-state index < -0.39 is 0 Å². The monoisotopic (exact) mass is 437 g/mol. The van der Waals surface area contributed by atoms with E-state index in [2.05, 4.69) is 41.4 Å². The molecular weight excluding hydrogens is 410 g/mol. The Hall–Kier alpha value is -2.66. The molecule has 5 nitrogen and oxygen atoms in total. The zero-order valence-electron chi connectivity index (χ0n) is 18.1. The Kier molecular flexibility index (Phi) is 6.42. The molecule has 1 aromatic heterocycles. The summed E-state index contributed by atoms with van der Waals surface area (Å²) in [5.41, 5.74) is 3.36. The van der Waals surface area contributed by atoms with Crippen LogP contribution in [0.3, 0.4) is 0 Å². The van der Waals surface area contributed by atoms with E-state index in [-0.39, 0.29) is 11.3 Å². The maximum absolute atomic E-state index is 12.6. The van der Waals surface area contributed by atoms with Crippen molar-refractivity contribution in [2.75, 3.05) is 7.05 Å². The molecule has 31 heavy (non-hydrogen) atoms. The topological polar surface area (TPSA) is 59.2 Å². The summed E-state index contributed by atoms with van der Waals surface area (Å²) in [5.74, 6) is 1.23. The van der Waals surface area contributed by atoms with Gasteiger partial charge in [0.15, 0.2) is 0 Å². The van der Waals surface area contributed by atoms with Crippen LogP contribution < -0.4 is 0 Å². The smallest absolute Gasteiger partial charge is 0.227 e. The van der Waals surface area contributed by atoms with Crippen LogP contribution in [0.5, 0.6) is 0 Å². The Morgan fingerprint density at radius 3 is 2.35 bits per heavy atom. The van der Waals surface area contributed by atoms with Crippen LogP contribution in [0.15, 0.2) is 52.9 Å². The molecule has 0 spiro atoms. The number of benzene rings is 2. The van der Waals surface area contributed by atoms with Crippen molar-refractivity contribution in [2.24, 2.45) is 0 Å². The maximum atomic E-state index is 12.6. The van der Waals surface area contributed by atoms with E-state index in [0.717, 1.165) is 36.8 Å². The Morgan fingerprint density at radius 1 is 1.06 bits per heavy atom. The summed E-state index contributed by atoms with van der Waals surface area (Å²) in [7, 11) is 1.83. The first-order valence-corrected chi connectivity index (χ1v) is 11.3. The molecule has 0 atom stereocenters. The van der Waals surface area contributed by atoms with Gasteiger partial charge in [0.05, 0.1) is 5.41 Å². The molecule has 0 unspecified atom stereocenters. The summed E-state index contributed by atoms with van der Waals surface area (Å²) in [6.07, 6.45) is 4.90. The summed E-state index contributed by atoms with van der Waals surface area (Å²) >= 11 is 6.05. The van der Waals surface area contributed by atoms with Gasteiger partial charge in [-0.3, -0.25) is 4.79 Å². The highest BCUT2D eigenvalue weighted by Gasteiger charge is 2.45. The molecule has 0 radical (unpaired) electrons. The van der Waals surface area contributed by atoms with Gasteiger partial charge in [-0.05, 0) is 48.1 Å². The van der Waals surface area contributed by atoms with Gasteiger partial charge in [-0.2, -0.15) is 0 Å². The van der Waals surface area contributed by atoms with Gasteiger partial charge in [0.1, 0.15) is 0 Å². The molecule has 1 aliphatic carbocycles. The van der Waals surface area contributed by atoms with Crippen molar-refractivity contribution in [2.45, 2.75) is 57.4 Å². The van der Waals surface area contributed by atoms with E-state index in [0.29, 0.717) is 36.2 Å². The summed E-state index contributed by atoms with van der Waals surface area (Å²) in [6, 6.07) is 16.3. The second kappa shape index (κ2) is 9.23. The Morgan fingerprint density at radius 2 is 1.74 bits per heavy atom. The third-order valence-electron chi connectivity index (χ3n) is 6.31. The van der Waals surface area contributed by atoms with Crippen molar-refractivity contribution in [3.8, 4) is 0 Å². The molecule has 1 aliphatic rings. The van der Waals surface area contributed by atoms with Gasteiger partial charge in [0.2, 0.25) is 17.7 Å². The number of aryl methyl sites for hydroxylation is 2. The zero-order chi connectivity index (χ0) is 21.8. The molecule has 6 heteroatoms. The highest BCUT2D eigenvalue weighted by molar-refractivity contribution is 6.30. The molecule has 3 aromatic rings. The lowest BCUT2D eigenvalue weighted by molar-refractivity contribution is -0.130. The van der Waals surface area contributed by atoms with Crippen molar-refractivity contribution in [1.82, 2.24) is 15.1 Å². The standard InChI is InChI=1S/C25H28ClN3O2/c1-3-18-5-7-19(8-6-18)17-29(2)23(30)14-13-22-27-28-24(31-22)25(15-4-16-25)20-9-11-21(26)12-10-20/h5-12H,3-4,13-17H2,1-2H3. The van der Waals surface area contributed by atoms with Gasteiger partial charge in [-0.1, -0.05) is 61.3 Å². The molecule has 2 aromatic carbocycles. The van der Waals surface area contributed by atoms with E-state index >= 15 is 0 Å². The van der Waals surface area contributed by atoms with Gasteiger partial charge in [0, 0.05) is 31.5 Å². The molecule has 1 saturated carbocycles. The van der Waals surface area contributed by atoms with Crippen LogP contribution in [0.25, 0.3) is 0 Å². The van der Waals surface area contributed by atoms with Crippen LogP contribution in [0.1, 0.15) is 61.1 Å². The van der Waals surface area contributed by atoms with Gasteiger partial charge < -0.3 is 9.32 Å². The highest BCUT2D eigenvalue weighted by atomic mass is 35.5. The molecular formula is C25H28ClN3O2. The van der Waals surface area contributed by atoms with E-state index in [1.807, 2.05) is 31.3 Å². The number of carbonyl (C=O) groups excluding carboxylic acids is 1. The van der Waals surface area contributed by atoms with E-state index in [1.54, 1.807) is 4.90 Å². The minimum Gasteiger partial charge on any atom is -0.424 e. The van der Waals surface area contributed by atoms with Crippen molar-refractivity contribution >= 4 is 17.5 Å². The Balaban J connectivity index is 1.36. The molecule has 0 saturated heterocycles. The average Bonchev–Trinajstić information content (AvgIpc) is 3.22. The van der Waals surface area contributed by atoms with Crippen LogP contribution in [-0.4, -0.2) is 28.1 Å². The predicted molar refractivity (Wildman–Crippen MR) is 121 cm³/mol. The lowest BCUT2D eigenvalue weighted by atomic mass is 9.64. The zero-order valence-corrected chi connectivity index (χ0v) is 18.9. The van der Waals surface area contributed by atoms with Crippen LogP contribution in [0.4, 0.5) is 0 Å². The molecule has 4 rings (SSSR count). The molecule has 0 bridgehead atoms. The van der Waals surface area contributed by atoms with Crippen LogP contribution in [0.2, 0.25) is 5.02 Å². The Labute approximate surface area is 188 Å². The fraction of sp³-hybridized carbons (Fsp3) is 0.400. The number of hydrogen-bond donors (Lipinski definition) is 0. The second-order valence-electron chi connectivity index (χ2n) is 8.36. The van der Waals surface area contributed by atoms with Crippen LogP contribution in [-0.2, 0) is 29.6 Å². The summed E-state index contributed by atoms with van der Waals surface area (Å²) in [6.45, 7) is 2.73. The van der Waals surface area contributed by atoms with Gasteiger partial charge in [-0.25, -0.2) is 0 Å². The number of rotatable bonds is 8. The summed E-state index contributed by atoms with van der Waals surface area (Å²) in [4.78, 5) is 14.3. The fourth-order valence-electron chi connectivity index (χ4n) is 4.12. The minimum absolute atomic E-state index is 0.0652. The van der Waals surface area contributed by atoms with Crippen LogP contribution >= 0.6 is 11.6 Å². The van der Waals surface area contributed by atoms with Gasteiger partial charge >= 0.3 is 0 Å². The van der Waals surface area contributed by atoms with Crippen LogP contribution in [0, 0.1) is 0 Å². The van der Waals surface area contributed by atoms with E-state index in [4.69, 9.17) is 16.0 Å².